The predicted octanol–water partition coefficient (Wildman–Crippen LogP) is 0.411. The largest absolute Gasteiger partial charge is 0.495 e. The van der Waals surface area contributed by atoms with Crippen molar-refractivity contribution in [2.24, 2.45) is 4.99 Å². The van der Waals surface area contributed by atoms with Gasteiger partial charge in [0.15, 0.2) is 0 Å². The van der Waals surface area contributed by atoms with E-state index in [9.17, 15) is 0 Å². The molecule has 0 amide bonds. The summed E-state index contributed by atoms with van der Waals surface area (Å²) in [6.07, 6.45) is 5.87. The van der Waals surface area contributed by atoms with Gasteiger partial charge in [-0.15, -0.1) is 0 Å². The van der Waals surface area contributed by atoms with Gasteiger partial charge in [-0.25, -0.2) is 4.99 Å². The summed E-state index contributed by atoms with van der Waals surface area (Å²) in [5.74, 6) is 1.54. The lowest BCUT2D eigenvalue weighted by Crippen LogP contribution is -2.19. The monoisotopic (exact) mass is 319 g/mol. The molecule has 0 fully saturated rings. The molecule has 4 rings (SSSR count). The summed E-state index contributed by atoms with van der Waals surface area (Å²) in [5.41, 5.74) is 1.78. The zero-order valence-corrected chi connectivity index (χ0v) is 13.5. The number of fused-ring (bicyclic) bond motifs is 1. The first-order chi connectivity index (χ1) is 11.8. The van der Waals surface area contributed by atoms with Crippen LogP contribution in [0.2, 0.25) is 0 Å². The van der Waals surface area contributed by atoms with Gasteiger partial charge in [-0.3, -0.25) is 0 Å². The molecule has 0 aliphatic carbocycles. The number of nitrogens with zero attached hydrogens (tertiary/aromatic N) is 1. The molecule has 1 aliphatic rings. The smallest absolute Gasteiger partial charge is 0.144 e. The Hall–Kier alpha value is -3.21. The number of methoxy groups -OCH3 is 2. The highest BCUT2D eigenvalue weighted by molar-refractivity contribution is 5.76. The SMILES string of the molecule is COc1cc[nH]c1C=c1[nH]/c(=C2\C=c3ccccc3=N2)cc1OC. The lowest BCUT2D eigenvalue weighted by molar-refractivity contribution is 0.411. The van der Waals surface area contributed by atoms with Crippen LogP contribution in [0.3, 0.4) is 0 Å². The van der Waals surface area contributed by atoms with Gasteiger partial charge in [0.05, 0.1) is 41.7 Å². The number of aromatic nitrogens is 2. The summed E-state index contributed by atoms with van der Waals surface area (Å²) < 4.78 is 10.8. The molecule has 2 N–H and O–H groups in total. The van der Waals surface area contributed by atoms with Crippen molar-refractivity contribution in [2.45, 2.75) is 0 Å². The summed E-state index contributed by atoms with van der Waals surface area (Å²) in [6, 6.07) is 11.9. The van der Waals surface area contributed by atoms with Crippen molar-refractivity contribution < 1.29 is 9.47 Å². The maximum Gasteiger partial charge on any atom is 0.144 e. The van der Waals surface area contributed by atoms with Crippen LogP contribution >= 0.6 is 0 Å². The fourth-order valence-electron chi connectivity index (χ4n) is 2.83. The highest BCUT2D eigenvalue weighted by Crippen LogP contribution is 2.16. The summed E-state index contributed by atoms with van der Waals surface area (Å²) in [6.45, 7) is 0. The van der Waals surface area contributed by atoms with Gasteiger partial charge in [0, 0.05) is 17.5 Å². The Morgan fingerprint density at radius 3 is 2.67 bits per heavy atom. The number of benzene rings is 1. The molecule has 0 spiro atoms. The van der Waals surface area contributed by atoms with E-state index in [4.69, 9.17) is 9.47 Å². The zero-order valence-electron chi connectivity index (χ0n) is 13.5. The molecular weight excluding hydrogens is 302 g/mol. The van der Waals surface area contributed by atoms with Gasteiger partial charge in [0.2, 0.25) is 0 Å². The van der Waals surface area contributed by atoms with Crippen molar-refractivity contribution >= 4 is 17.8 Å². The Labute approximate surface area is 138 Å². The fourth-order valence-corrected chi connectivity index (χ4v) is 2.83. The van der Waals surface area contributed by atoms with Crippen LogP contribution in [-0.4, -0.2) is 24.2 Å². The Bertz CT molecular complexity index is 1100. The van der Waals surface area contributed by atoms with Crippen molar-refractivity contribution in [3.8, 4) is 11.5 Å². The number of hydrogen-bond acceptors (Lipinski definition) is 3. The van der Waals surface area contributed by atoms with Crippen LogP contribution in [-0.2, 0) is 0 Å². The molecule has 120 valence electrons. The standard InChI is InChI=1S/C19H17N3O2/c1-23-18-7-8-20-16(18)10-17-19(24-2)11-15(22-17)14-9-12-5-3-4-6-13(12)21-14/h3-11,20,22H,1-2H3/b15-14+,17-10?. The Balaban J connectivity index is 1.91. The minimum absolute atomic E-state index is 0.758. The first-order valence-electron chi connectivity index (χ1n) is 7.64. The number of ether oxygens (including phenoxy) is 2. The number of hydrogen-bond donors (Lipinski definition) is 2. The zero-order chi connectivity index (χ0) is 16.5. The molecule has 0 saturated carbocycles. The molecule has 3 aromatic rings. The first-order valence-corrected chi connectivity index (χ1v) is 7.64. The topological polar surface area (TPSA) is 62.4 Å². The van der Waals surface area contributed by atoms with Gasteiger partial charge in [-0.1, -0.05) is 18.2 Å². The van der Waals surface area contributed by atoms with E-state index in [-0.39, 0.29) is 0 Å². The maximum absolute atomic E-state index is 5.50. The first kappa shape index (κ1) is 14.4. The maximum atomic E-state index is 5.50. The van der Waals surface area contributed by atoms with Gasteiger partial charge in [0.25, 0.3) is 0 Å². The van der Waals surface area contributed by atoms with Gasteiger partial charge in [-0.05, 0) is 24.3 Å². The fraction of sp³-hybridized carbons (Fsp3) is 0.105. The number of aromatic amines is 2. The van der Waals surface area contributed by atoms with E-state index >= 15 is 0 Å². The number of H-pyrrole nitrogens is 2. The Kier molecular flexibility index (Phi) is 3.46. The van der Waals surface area contributed by atoms with E-state index in [1.165, 1.54) is 0 Å². The molecule has 5 heteroatoms. The molecule has 5 nitrogen and oxygen atoms in total. The Morgan fingerprint density at radius 2 is 1.88 bits per heavy atom. The van der Waals surface area contributed by atoms with Gasteiger partial charge < -0.3 is 19.4 Å². The van der Waals surface area contributed by atoms with Crippen LogP contribution < -0.4 is 30.7 Å². The molecule has 1 aliphatic heterocycles. The van der Waals surface area contributed by atoms with E-state index in [0.29, 0.717) is 0 Å². The van der Waals surface area contributed by atoms with E-state index < -0.39 is 0 Å². The molecular formula is C19H17N3O2. The van der Waals surface area contributed by atoms with Crippen molar-refractivity contribution in [1.29, 1.82) is 0 Å². The molecule has 24 heavy (non-hydrogen) atoms. The summed E-state index contributed by atoms with van der Waals surface area (Å²) in [5, 5.41) is 3.88. The summed E-state index contributed by atoms with van der Waals surface area (Å²) in [4.78, 5) is 11.2. The molecule has 0 atom stereocenters. The number of rotatable bonds is 3. The molecule has 3 heterocycles. The van der Waals surface area contributed by atoms with Gasteiger partial charge in [0.1, 0.15) is 11.5 Å². The third-order valence-corrected chi connectivity index (χ3v) is 4.02. The van der Waals surface area contributed by atoms with E-state index in [0.717, 1.165) is 44.2 Å². The van der Waals surface area contributed by atoms with Crippen LogP contribution in [0, 0.1) is 0 Å². The van der Waals surface area contributed by atoms with Crippen molar-refractivity contribution in [3.63, 3.8) is 0 Å². The minimum atomic E-state index is 0.758. The van der Waals surface area contributed by atoms with Crippen LogP contribution in [0.1, 0.15) is 5.69 Å². The average Bonchev–Trinajstić information content (AvgIpc) is 3.32. The second-order valence-electron chi connectivity index (χ2n) is 5.47. The molecule has 0 saturated heterocycles. The van der Waals surface area contributed by atoms with E-state index in [1.807, 2.05) is 42.6 Å². The van der Waals surface area contributed by atoms with E-state index in [1.54, 1.807) is 14.2 Å². The van der Waals surface area contributed by atoms with Crippen LogP contribution in [0.4, 0.5) is 0 Å². The summed E-state index contributed by atoms with van der Waals surface area (Å²) in [7, 11) is 3.31. The molecule has 0 radical (unpaired) electrons. The van der Waals surface area contributed by atoms with Gasteiger partial charge in [-0.2, -0.15) is 0 Å². The van der Waals surface area contributed by atoms with E-state index in [2.05, 4.69) is 27.1 Å². The predicted molar refractivity (Wildman–Crippen MR) is 92.6 cm³/mol. The minimum Gasteiger partial charge on any atom is -0.495 e. The second-order valence-corrected chi connectivity index (χ2v) is 5.47. The van der Waals surface area contributed by atoms with Gasteiger partial charge >= 0.3 is 0 Å². The molecule has 1 aromatic carbocycles. The average molecular weight is 319 g/mol. The number of para-hydroxylation sites is 1. The van der Waals surface area contributed by atoms with Crippen molar-refractivity contribution in [3.05, 3.63) is 69.6 Å². The van der Waals surface area contributed by atoms with Crippen LogP contribution in [0.5, 0.6) is 11.5 Å². The van der Waals surface area contributed by atoms with Crippen molar-refractivity contribution in [1.82, 2.24) is 9.97 Å². The van der Waals surface area contributed by atoms with Crippen LogP contribution in [0.15, 0.2) is 47.6 Å². The highest BCUT2D eigenvalue weighted by atomic mass is 16.5. The highest BCUT2D eigenvalue weighted by Gasteiger charge is 2.07. The Morgan fingerprint density at radius 1 is 1.04 bits per heavy atom. The third kappa shape index (κ3) is 2.40. The molecule has 0 bridgehead atoms. The quantitative estimate of drug-likeness (QED) is 0.734. The summed E-state index contributed by atoms with van der Waals surface area (Å²) >= 11 is 0. The lowest BCUT2D eigenvalue weighted by Gasteiger charge is -1.97. The van der Waals surface area contributed by atoms with Crippen LogP contribution in [0.25, 0.3) is 17.8 Å². The normalized spacial score (nSPS) is 15.7. The molecule has 0 unspecified atom stereocenters. The molecule has 2 aromatic heterocycles. The van der Waals surface area contributed by atoms with Crippen molar-refractivity contribution in [2.75, 3.05) is 14.2 Å². The lowest BCUT2D eigenvalue weighted by atomic mass is 10.3. The third-order valence-electron chi connectivity index (χ3n) is 4.02. The second kappa shape index (κ2) is 5.77. The number of nitrogens with one attached hydrogen (secondary N) is 2.